The quantitative estimate of drug-likeness (QED) is 0.760. The summed E-state index contributed by atoms with van der Waals surface area (Å²) in [4.78, 5) is 13.9. The highest BCUT2D eigenvalue weighted by Gasteiger charge is 2.11. The first-order chi connectivity index (χ1) is 9.58. The van der Waals surface area contributed by atoms with Gasteiger partial charge in [0.1, 0.15) is 0 Å². The number of hydrogen-bond donors (Lipinski definition) is 0. The zero-order valence-corrected chi connectivity index (χ0v) is 13.4. The molecule has 2 aromatic carbocycles. The minimum absolute atomic E-state index is 0.0906. The Morgan fingerprint density at radius 1 is 1.15 bits per heavy atom. The molecule has 0 aromatic heterocycles. The number of carbonyl (C=O) groups is 1. The van der Waals surface area contributed by atoms with Crippen LogP contribution in [-0.2, 0) is 6.42 Å². The third-order valence-corrected chi connectivity index (χ3v) is 3.82. The molecule has 0 amide bonds. The molecular formula is C17H18BrNO. The molecule has 0 saturated carbocycles. The smallest absolute Gasteiger partial charge is 0.161 e. The van der Waals surface area contributed by atoms with Crippen LogP contribution >= 0.6 is 15.9 Å². The Labute approximate surface area is 128 Å². The van der Waals surface area contributed by atoms with Crippen LogP contribution in [0, 0.1) is 0 Å². The van der Waals surface area contributed by atoms with Crippen LogP contribution < -0.4 is 4.90 Å². The molecule has 0 aliphatic rings. The molecule has 0 bridgehead atoms. The van der Waals surface area contributed by atoms with E-state index >= 15 is 0 Å². The number of hydrogen-bond acceptors (Lipinski definition) is 2. The molecule has 104 valence electrons. The van der Waals surface area contributed by atoms with Gasteiger partial charge in [0.05, 0.1) is 0 Å². The van der Waals surface area contributed by atoms with Gasteiger partial charge in [0.15, 0.2) is 5.78 Å². The summed E-state index contributed by atoms with van der Waals surface area (Å²) in [6.45, 7) is 2.49. The van der Waals surface area contributed by atoms with E-state index in [1.54, 1.807) is 6.92 Å². The molecule has 2 nitrogen and oxygen atoms in total. The van der Waals surface area contributed by atoms with Gasteiger partial charge < -0.3 is 4.90 Å². The number of ketones is 1. The monoisotopic (exact) mass is 331 g/mol. The molecule has 0 heterocycles. The van der Waals surface area contributed by atoms with Crippen LogP contribution in [0.2, 0.25) is 0 Å². The van der Waals surface area contributed by atoms with E-state index < -0.39 is 0 Å². The van der Waals surface area contributed by atoms with E-state index in [1.807, 2.05) is 31.3 Å². The fourth-order valence-electron chi connectivity index (χ4n) is 2.19. The summed E-state index contributed by atoms with van der Waals surface area (Å²) in [5, 5.41) is 0. The summed E-state index contributed by atoms with van der Waals surface area (Å²) in [7, 11) is 2.03. The third-order valence-electron chi connectivity index (χ3n) is 3.33. The second-order valence-corrected chi connectivity index (χ2v) is 5.79. The Hall–Kier alpha value is -1.61. The molecule has 2 aromatic rings. The molecule has 0 N–H and O–H groups in total. The first-order valence-corrected chi connectivity index (χ1v) is 7.43. The standard InChI is InChI=1S/C17H18BrNO/c1-13(20)16-12-15(18)8-9-17(16)19(2)11-10-14-6-4-3-5-7-14/h3-9,12H,10-11H2,1-2H3. The third kappa shape index (κ3) is 3.70. The second kappa shape index (κ2) is 6.71. The average Bonchev–Trinajstić information content (AvgIpc) is 2.45. The zero-order chi connectivity index (χ0) is 14.5. The van der Waals surface area contributed by atoms with Gasteiger partial charge in [0.2, 0.25) is 0 Å². The highest BCUT2D eigenvalue weighted by molar-refractivity contribution is 9.10. The van der Waals surface area contributed by atoms with Gasteiger partial charge in [-0.15, -0.1) is 0 Å². The van der Waals surface area contributed by atoms with E-state index in [0.29, 0.717) is 0 Å². The Morgan fingerprint density at radius 3 is 2.50 bits per heavy atom. The second-order valence-electron chi connectivity index (χ2n) is 4.87. The van der Waals surface area contributed by atoms with Crippen LogP contribution in [0.1, 0.15) is 22.8 Å². The molecule has 2 rings (SSSR count). The normalized spacial score (nSPS) is 10.3. The summed E-state index contributed by atoms with van der Waals surface area (Å²) in [6, 6.07) is 16.2. The summed E-state index contributed by atoms with van der Waals surface area (Å²) < 4.78 is 0.933. The Balaban J connectivity index is 2.13. The van der Waals surface area contributed by atoms with Gasteiger partial charge in [0.25, 0.3) is 0 Å². The number of rotatable bonds is 5. The van der Waals surface area contributed by atoms with Gasteiger partial charge in [-0.05, 0) is 37.1 Å². The SMILES string of the molecule is CC(=O)c1cc(Br)ccc1N(C)CCc1ccccc1. The number of nitrogens with zero attached hydrogens (tertiary/aromatic N) is 1. The van der Waals surface area contributed by atoms with Gasteiger partial charge >= 0.3 is 0 Å². The molecule has 0 atom stereocenters. The Bertz CT molecular complexity index is 595. The topological polar surface area (TPSA) is 20.3 Å². The molecule has 0 radical (unpaired) electrons. The highest BCUT2D eigenvalue weighted by atomic mass is 79.9. The van der Waals surface area contributed by atoms with Gasteiger partial charge in [0, 0.05) is 29.3 Å². The van der Waals surface area contributed by atoms with Crippen molar-refractivity contribution in [1.29, 1.82) is 0 Å². The molecule has 0 fully saturated rings. The van der Waals surface area contributed by atoms with Gasteiger partial charge in [-0.3, -0.25) is 4.79 Å². The molecule has 0 unspecified atom stereocenters. The number of benzene rings is 2. The van der Waals surface area contributed by atoms with Crippen molar-refractivity contribution in [3.05, 3.63) is 64.1 Å². The molecule has 20 heavy (non-hydrogen) atoms. The lowest BCUT2D eigenvalue weighted by atomic mass is 10.1. The predicted molar refractivity (Wildman–Crippen MR) is 87.6 cm³/mol. The van der Waals surface area contributed by atoms with E-state index in [2.05, 4.69) is 45.1 Å². The van der Waals surface area contributed by atoms with E-state index in [4.69, 9.17) is 0 Å². The number of anilines is 1. The summed E-state index contributed by atoms with van der Waals surface area (Å²) in [5.74, 6) is 0.0906. The minimum atomic E-state index is 0.0906. The Morgan fingerprint density at radius 2 is 1.85 bits per heavy atom. The van der Waals surface area contributed by atoms with Crippen molar-refractivity contribution >= 4 is 27.4 Å². The Kier molecular flexibility index (Phi) is 4.96. The van der Waals surface area contributed by atoms with Crippen LogP contribution in [-0.4, -0.2) is 19.4 Å². The first kappa shape index (κ1) is 14.8. The molecule has 0 saturated heterocycles. The van der Waals surface area contributed by atoms with Crippen LogP contribution in [0.3, 0.4) is 0 Å². The molecule has 3 heteroatoms. The maximum Gasteiger partial charge on any atom is 0.161 e. The van der Waals surface area contributed by atoms with Gasteiger partial charge in [-0.2, -0.15) is 0 Å². The van der Waals surface area contributed by atoms with Crippen molar-refractivity contribution in [2.75, 3.05) is 18.5 Å². The van der Waals surface area contributed by atoms with Crippen LogP contribution in [0.4, 0.5) is 5.69 Å². The molecular weight excluding hydrogens is 314 g/mol. The predicted octanol–water partition coefficient (Wildman–Crippen LogP) is 4.33. The number of likely N-dealkylation sites (N-methyl/N-ethyl adjacent to an activating group) is 1. The fourth-order valence-corrected chi connectivity index (χ4v) is 2.55. The van der Waals surface area contributed by atoms with E-state index in [0.717, 1.165) is 28.7 Å². The maximum atomic E-state index is 11.7. The van der Waals surface area contributed by atoms with Crippen molar-refractivity contribution in [2.45, 2.75) is 13.3 Å². The fraction of sp³-hybridized carbons (Fsp3) is 0.235. The number of carbonyl (C=O) groups excluding carboxylic acids is 1. The lowest BCUT2D eigenvalue weighted by molar-refractivity contribution is 0.101. The van der Waals surface area contributed by atoms with E-state index in [-0.39, 0.29) is 5.78 Å². The summed E-state index contributed by atoms with van der Waals surface area (Å²) in [5.41, 5.74) is 3.05. The van der Waals surface area contributed by atoms with Gasteiger partial charge in [-0.25, -0.2) is 0 Å². The van der Waals surface area contributed by atoms with Gasteiger partial charge in [-0.1, -0.05) is 46.3 Å². The van der Waals surface area contributed by atoms with Crippen molar-refractivity contribution in [3.63, 3.8) is 0 Å². The number of Topliss-reactive ketones (excluding diaryl/α,β-unsaturated/α-hetero) is 1. The lowest BCUT2D eigenvalue weighted by Crippen LogP contribution is -2.22. The summed E-state index contributed by atoms with van der Waals surface area (Å²) in [6.07, 6.45) is 0.963. The van der Waals surface area contributed by atoms with Crippen LogP contribution in [0.5, 0.6) is 0 Å². The van der Waals surface area contributed by atoms with Crippen molar-refractivity contribution in [3.8, 4) is 0 Å². The van der Waals surface area contributed by atoms with E-state index in [1.165, 1.54) is 5.56 Å². The molecule has 0 aliphatic heterocycles. The zero-order valence-electron chi connectivity index (χ0n) is 11.8. The average molecular weight is 332 g/mol. The largest absolute Gasteiger partial charge is 0.374 e. The van der Waals surface area contributed by atoms with Crippen LogP contribution in [0.15, 0.2) is 53.0 Å². The summed E-state index contributed by atoms with van der Waals surface area (Å²) >= 11 is 3.42. The number of halogens is 1. The minimum Gasteiger partial charge on any atom is -0.374 e. The van der Waals surface area contributed by atoms with Crippen molar-refractivity contribution < 1.29 is 4.79 Å². The van der Waals surface area contributed by atoms with Crippen molar-refractivity contribution in [1.82, 2.24) is 0 Å². The first-order valence-electron chi connectivity index (χ1n) is 6.63. The van der Waals surface area contributed by atoms with Crippen LogP contribution in [0.25, 0.3) is 0 Å². The molecule has 0 aliphatic carbocycles. The highest BCUT2D eigenvalue weighted by Crippen LogP contribution is 2.24. The van der Waals surface area contributed by atoms with E-state index in [9.17, 15) is 4.79 Å². The van der Waals surface area contributed by atoms with Crippen molar-refractivity contribution in [2.24, 2.45) is 0 Å². The maximum absolute atomic E-state index is 11.7. The molecule has 0 spiro atoms. The lowest BCUT2D eigenvalue weighted by Gasteiger charge is -2.22.